The van der Waals surface area contributed by atoms with Crippen molar-refractivity contribution in [3.63, 3.8) is 0 Å². The van der Waals surface area contributed by atoms with E-state index in [9.17, 15) is 9.59 Å². The standard InChI is InChI=1S/C15H26O4/c1-4-6-8-15(3,5-2)9-7-13(17)12(11-16)10-14(18)19/h4,12,16H,1,5-11H2,2-3H3,(H,18,19). The zero-order valence-corrected chi connectivity index (χ0v) is 12.0. The number of hydrogen-bond donors (Lipinski definition) is 2. The van der Waals surface area contributed by atoms with E-state index in [-0.39, 0.29) is 24.2 Å². The number of ketones is 1. The molecule has 2 unspecified atom stereocenters. The predicted octanol–water partition coefficient (Wildman–Crippen LogP) is 2.80. The van der Waals surface area contributed by atoms with E-state index in [1.54, 1.807) is 0 Å². The topological polar surface area (TPSA) is 74.6 Å². The summed E-state index contributed by atoms with van der Waals surface area (Å²) in [5.41, 5.74) is 0.0765. The van der Waals surface area contributed by atoms with Gasteiger partial charge in [0.15, 0.2) is 0 Å². The molecule has 19 heavy (non-hydrogen) atoms. The van der Waals surface area contributed by atoms with Gasteiger partial charge in [-0.3, -0.25) is 9.59 Å². The fraction of sp³-hybridized carbons (Fsp3) is 0.733. The number of carbonyl (C=O) groups excluding carboxylic acids is 1. The number of carbonyl (C=O) groups is 2. The minimum atomic E-state index is -1.04. The molecule has 0 aliphatic rings. The number of carboxylic acids is 1. The summed E-state index contributed by atoms with van der Waals surface area (Å²) in [6.45, 7) is 7.54. The molecule has 4 nitrogen and oxygen atoms in total. The summed E-state index contributed by atoms with van der Waals surface area (Å²) >= 11 is 0. The second kappa shape index (κ2) is 8.86. The van der Waals surface area contributed by atoms with E-state index in [1.807, 2.05) is 6.08 Å². The lowest BCUT2D eigenvalue weighted by molar-refractivity contribution is -0.141. The molecule has 0 aromatic heterocycles. The zero-order valence-electron chi connectivity index (χ0n) is 12.0. The summed E-state index contributed by atoms with van der Waals surface area (Å²) in [7, 11) is 0. The molecule has 0 rings (SSSR count). The summed E-state index contributed by atoms with van der Waals surface area (Å²) in [5, 5.41) is 17.8. The SMILES string of the molecule is C=CCCC(C)(CC)CCC(=O)C(CO)CC(=O)O. The minimum absolute atomic E-state index is 0.0765. The van der Waals surface area contributed by atoms with Crippen molar-refractivity contribution in [2.45, 2.75) is 52.4 Å². The van der Waals surface area contributed by atoms with E-state index in [4.69, 9.17) is 10.2 Å². The molecule has 0 saturated heterocycles. The number of hydrogen-bond acceptors (Lipinski definition) is 3. The maximum absolute atomic E-state index is 11.9. The van der Waals surface area contributed by atoms with Gasteiger partial charge in [0.2, 0.25) is 0 Å². The normalized spacial score (nSPS) is 15.5. The van der Waals surface area contributed by atoms with Crippen molar-refractivity contribution in [2.75, 3.05) is 6.61 Å². The summed E-state index contributed by atoms with van der Waals surface area (Å²) in [5.74, 6) is -1.96. The van der Waals surface area contributed by atoms with Gasteiger partial charge in [-0.25, -0.2) is 0 Å². The number of aliphatic carboxylic acids is 1. The molecule has 2 atom stereocenters. The molecular formula is C15H26O4. The highest BCUT2D eigenvalue weighted by atomic mass is 16.4. The lowest BCUT2D eigenvalue weighted by Gasteiger charge is -2.28. The van der Waals surface area contributed by atoms with Gasteiger partial charge in [-0.1, -0.05) is 26.3 Å². The van der Waals surface area contributed by atoms with E-state index in [0.29, 0.717) is 6.42 Å². The lowest BCUT2D eigenvalue weighted by atomic mass is 9.77. The van der Waals surface area contributed by atoms with Crippen molar-refractivity contribution in [3.8, 4) is 0 Å². The van der Waals surface area contributed by atoms with Crippen LogP contribution in [0.15, 0.2) is 12.7 Å². The fourth-order valence-electron chi connectivity index (χ4n) is 2.05. The van der Waals surface area contributed by atoms with Gasteiger partial charge in [0.05, 0.1) is 18.9 Å². The molecule has 0 bridgehead atoms. The van der Waals surface area contributed by atoms with Crippen LogP contribution in [-0.4, -0.2) is 28.6 Å². The minimum Gasteiger partial charge on any atom is -0.481 e. The lowest BCUT2D eigenvalue weighted by Crippen LogP contribution is -2.24. The molecule has 0 aromatic rings. The summed E-state index contributed by atoms with van der Waals surface area (Å²) in [6, 6.07) is 0. The van der Waals surface area contributed by atoms with Crippen LogP contribution in [0.4, 0.5) is 0 Å². The van der Waals surface area contributed by atoms with Crippen molar-refractivity contribution < 1.29 is 19.8 Å². The Balaban J connectivity index is 4.37. The monoisotopic (exact) mass is 270 g/mol. The van der Waals surface area contributed by atoms with E-state index in [1.165, 1.54) is 0 Å². The molecule has 4 heteroatoms. The average molecular weight is 270 g/mol. The smallest absolute Gasteiger partial charge is 0.304 e. The van der Waals surface area contributed by atoms with Crippen LogP contribution in [0.3, 0.4) is 0 Å². The largest absolute Gasteiger partial charge is 0.481 e. The highest BCUT2D eigenvalue weighted by Crippen LogP contribution is 2.33. The van der Waals surface area contributed by atoms with Gasteiger partial charge in [-0.05, 0) is 24.7 Å². The molecular weight excluding hydrogens is 244 g/mol. The summed E-state index contributed by atoms with van der Waals surface area (Å²) < 4.78 is 0. The molecule has 0 fully saturated rings. The van der Waals surface area contributed by atoms with Gasteiger partial charge >= 0.3 is 5.97 Å². The Morgan fingerprint density at radius 3 is 2.42 bits per heavy atom. The first kappa shape index (κ1) is 17.8. The van der Waals surface area contributed by atoms with E-state index in [2.05, 4.69) is 20.4 Å². The number of allylic oxidation sites excluding steroid dienone is 1. The van der Waals surface area contributed by atoms with Gasteiger partial charge in [0.25, 0.3) is 0 Å². The van der Waals surface area contributed by atoms with E-state index >= 15 is 0 Å². The third-order valence-electron chi connectivity index (χ3n) is 3.88. The first-order chi connectivity index (χ1) is 8.88. The Hall–Kier alpha value is -1.16. The van der Waals surface area contributed by atoms with Gasteiger partial charge in [0, 0.05) is 6.42 Å². The molecule has 0 aliphatic carbocycles. The first-order valence-corrected chi connectivity index (χ1v) is 6.84. The van der Waals surface area contributed by atoms with Crippen LogP contribution in [0, 0.1) is 11.3 Å². The maximum atomic E-state index is 11.9. The molecule has 0 radical (unpaired) electrons. The third-order valence-corrected chi connectivity index (χ3v) is 3.88. The van der Waals surface area contributed by atoms with Gasteiger partial charge in [-0.15, -0.1) is 6.58 Å². The Morgan fingerprint density at radius 1 is 1.37 bits per heavy atom. The van der Waals surface area contributed by atoms with Crippen molar-refractivity contribution in [1.82, 2.24) is 0 Å². The molecule has 0 aliphatic heterocycles. The number of aliphatic hydroxyl groups is 1. The van der Waals surface area contributed by atoms with Crippen LogP contribution in [-0.2, 0) is 9.59 Å². The van der Waals surface area contributed by atoms with Crippen LogP contribution in [0.5, 0.6) is 0 Å². The Morgan fingerprint density at radius 2 is 2.00 bits per heavy atom. The number of aliphatic hydroxyl groups excluding tert-OH is 1. The molecule has 0 amide bonds. The Kier molecular flexibility index (Phi) is 8.32. The van der Waals surface area contributed by atoms with Crippen LogP contribution >= 0.6 is 0 Å². The van der Waals surface area contributed by atoms with Crippen molar-refractivity contribution >= 4 is 11.8 Å². The number of rotatable bonds is 11. The Labute approximate surface area is 115 Å². The predicted molar refractivity (Wildman–Crippen MR) is 74.9 cm³/mol. The van der Waals surface area contributed by atoms with E-state index < -0.39 is 11.9 Å². The van der Waals surface area contributed by atoms with Crippen molar-refractivity contribution in [3.05, 3.63) is 12.7 Å². The van der Waals surface area contributed by atoms with Crippen LogP contribution < -0.4 is 0 Å². The Bertz CT molecular complexity index is 311. The molecule has 2 N–H and O–H groups in total. The van der Waals surface area contributed by atoms with Crippen LogP contribution in [0.25, 0.3) is 0 Å². The zero-order chi connectivity index (χ0) is 14.9. The second-order valence-electron chi connectivity index (χ2n) is 5.44. The highest BCUT2D eigenvalue weighted by Gasteiger charge is 2.26. The first-order valence-electron chi connectivity index (χ1n) is 6.84. The van der Waals surface area contributed by atoms with Gasteiger partial charge in [0.1, 0.15) is 5.78 Å². The van der Waals surface area contributed by atoms with Gasteiger partial charge < -0.3 is 10.2 Å². The molecule has 0 spiro atoms. The number of carboxylic acid groups (broad SMARTS) is 1. The highest BCUT2D eigenvalue weighted by molar-refractivity contribution is 5.85. The second-order valence-corrected chi connectivity index (χ2v) is 5.44. The van der Waals surface area contributed by atoms with Crippen molar-refractivity contribution in [1.29, 1.82) is 0 Å². The molecule has 110 valence electrons. The molecule has 0 saturated carbocycles. The third kappa shape index (κ3) is 7.11. The van der Waals surface area contributed by atoms with E-state index in [0.717, 1.165) is 25.7 Å². The van der Waals surface area contributed by atoms with Gasteiger partial charge in [-0.2, -0.15) is 0 Å². The van der Waals surface area contributed by atoms with Crippen LogP contribution in [0.2, 0.25) is 0 Å². The quantitative estimate of drug-likeness (QED) is 0.566. The summed E-state index contributed by atoms with van der Waals surface area (Å²) in [4.78, 5) is 22.5. The maximum Gasteiger partial charge on any atom is 0.304 e. The number of Topliss-reactive ketones (excluding diaryl/α,β-unsaturated/α-hetero) is 1. The van der Waals surface area contributed by atoms with Crippen molar-refractivity contribution in [2.24, 2.45) is 11.3 Å². The molecule has 0 heterocycles. The fourth-order valence-corrected chi connectivity index (χ4v) is 2.05. The average Bonchev–Trinajstić information content (AvgIpc) is 2.39. The van der Waals surface area contributed by atoms with Crippen LogP contribution in [0.1, 0.15) is 52.4 Å². The summed E-state index contributed by atoms with van der Waals surface area (Å²) in [6.07, 6.45) is 5.50. The molecule has 0 aromatic carbocycles.